The molecule has 1 fully saturated rings. The summed E-state index contributed by atoms with van der Waals surface area (Å²) < 4.78 is 24.7. The molecule has 1 unspecified atom stereocenters. The Bertz CT molecular complexity index is 508. The predicted molar refractivity (Wildman–Crippen MR) is 71.0 cm³/mol. The summed E-state index contributed by atoms with van der Waals surface area (Å²) in [5.74, 6) is -0.561. The van der Waals surface area contributed by atoms with E-state index >= 15 is 0 Å². The lowest BCUT2D eigenvalue weighted by molar-refractivity contribution is -0.0260. The molecule has 0 aliphatic carbocycles. The summed E-state index contributed by atoms with van der Waals surface area (Å²) in [6, 6.07) is 6.76. The van der Waals surface area contributed by atoms with E-state index in [1.165, 1.54) is 0 Å². The number of hydrogen-bond acceptors (Lipinski definition) is 3. The van der Waals surface area contributed by atoms with Gasteiger partial charge in [-0.05, 0) is 32.3 Å². The Morgan fingerprint density at radius 3 is 2.47 bits per heavy atom. The minimum atomic E-state index is -1.05. The Balaban J connectivity index is 2.39. The molecule has 2 N–H and O–H groups in total. The predicted octanol–water partition coefficient (Wildman–Crippen LogP) is 1.03. The average molecular weight is 265 g/mol. The topological polar surface area (TPSA) is 61.5 Å². The van der Waals surface area contributed by atoms with Crippen molar-refractivity contribution < 1.29 is 18.5 Å². The van der Waals surface area contributed by atoms with Gasteiger partial charge in [0.2, 0.25) is 5.91 Å². The minimum absolute atomic E-state index is 0.325. The number of nitrogens with two attached hydrogens (primary N) is 1. The number of carbonyl (C=O) groups is 1. The first kappa shape index (κ1) is 14.0. The molecule has 1 heterocycles. The lowest BCUT2D eigenvalue weighted by Gasteiger charge is -2.33. The van der Waals surface area contributed by atoms with Gasteiger partial charge in [-0.1, -0.05) is 18.2 Å². The van der Waals surface area contributed by atoms with Crippen molar-refractivity contribution in [3.63, 3.8) is 0 Å². The summed E-state index contributed by atoms with van der Waals surface area (Å²) >= 11 is 0. The number of benzene rings is 1. The van der Waals surface area contributed by atoms with E-state index in [1.54, 1.807) is 45.0 Å². The van der Waals surface area contributed by atoms with Gasteiger partial charge in [0.25, 0.3) is 0 Å². The first-order valence-corrected chi connectivity index (χ1v) is 6.11. The van der Waals surface area contributed by atoms with Crippen molar-refractivity contribution in [2.24, 2.45) is 5.73 Å². The largest absolute Gasteiger partial charge is 0.495 e. The van der Waals surface area contributed by atoms with Gasteiger partial charge in [-0.2, -0.15) is 0 Å². The molecule has 1 aliphatic heterocycles. The zero-order chi connectivity index (χ0) is 14.3. The van der Waals surface area contributed by atoms with Crippen LogP contribution in [0.25, 0.3) is 0 Å². The van der Waals surface area contributed by atoms with Crippen molar-refractivity contribution in [1.82, 2.24) is 0 Å². The van der Waals surface area contributed by atoms with E-state index in [9.17, 15) is 9.18 Å². The molecule has 19 heavy (non-hydrogen) atoms. The number of rotatable bonds is 3. The van der Waals surface area contributed by atoms with E-state index in [4.69, 9.17) is 15.0 Å². The second-order valence-corrected chi connectivity index (χ2v) is 5.39. The van der Waals surface area contributed by atoms with Crippen LogP contribution in [0.5, 0.6) is 0 Å². The van der Waals surface area contributed by atoms with E-state index in [0.717, 1.165) is 0 Å². The van der Waals surface area contributed by atoms with Crippen LogP contribution < -0.4 is 11.2 Å². The monoisotopic (exact) mass is 265 g/mol. The van der Waals surface area contributed by atoms with Crippen molar-refractivity contribution >= 4 is 18.5 Å². The normalized spacial score (nSPS) is 25.6. The van der Waals surface area contributed by atoms with Crippen LogP contribution in [0.2, 0.25) is 0 Å². The van der Waals surface area contributed by atoms with Crippen LogP contribution in [0.4, 0.5) is 4.39 Å². The van der Waals surface area contributed by atoms with Crippen molar-refractivity contribution in [2.45, 2.75) is 32.0 Å². The number of amides is 1. The highest BCUT2D eigenvalue weighted by molar-refractivity contribution is 6.63. The summed E-state index contributed by atoms with van der Waals surface area (Å²) in [5, 5.41) is 0. The summed E-state index contributed by atoms with van der Waals surface area (Å²) in [5.41, 5.74) is 4.33. The summed E-state index contributed by atoms with van der Waals surface area (Å²) in [7, 11) is -0.792. The quantitative estimate of drug-likeness (QED) is 0.830. The fourth-order valence-corrected chi connectivity index (χ4v) is 2.04. The maximum atomic E-state index is 13.2. The molecular formula is C13H17BFNO3. The fraction of sp³-hybridized carbons (Fsp3) is 0.462. The van der Waals surface area contributed by atoms with Gasteiger partial charge in [0, 0.05) is 5.56 Å². The second kappa shape index (κ2) is 4.61. The molecule has 4 nitrogen and oxygen atoms in total. The maximum absolute atomic E-state index is 13.2. The molecule has 1 aromatic carbocycles. The van der Waals surface area contributed by atoms with Gasteiger partial charge >= 0.3 is 7.12 Å². The molecule has 102 valence electrons. The third-order valence-corrected chi connectivity index (χ3v) is 3.78. The third kappa shape index (κ3) is 2.26. The van der Waals surface area contributed by atoms with Crippen molar-refractivity contribution in [3.8, 4) is 0 Å². The zero-order valence-electron chi connectivity index (χ0n) is 11.3. The van der Waals surface area contributed by atoms with Crippen LogP contribution in [0.3, 0.4) is 0 Å². The van der Waals surface area contributed by atoms with Crippen LogP contribution in [0, 0.1) is 0 Å². The Hall–Kier alpha value is -1.40. The second-order valence-electron chi connectivity index (χ2n) is 5.39. The lowest BCUT2D eigenvalue weighted by Crippen LogP contribution is -2.46. The highest BCUT2D eigenvalue weighted by atomic mass is 19.1. The van der Waals surface area contributed by atoms with E-state index in [1.807, 2.05) is 0 Å². The maximum Gasteiger partial charge on any atom is 0.495 e. The van der Waals surface area contributed by atoms with Gasteiger partial charge in [-0.15, -0.1) is 0 Å². The van der Waals surface area contributed by atoms with Gasteiger partial charge in [0.1, 0.15) is 12.3 Å². The smallest absolute Gasteiger partial charge is 0.399 e. The molecule has 0 spiro atoms. The summed E-state index contributed by atoms with van der Waals surface area (Å²) in [4.78, 5) is 11.4. The minimum Gasteiger partial charge on any atom is -0.399 e. The number of primary amides is 1. The molecule has 1 aromatic rings. The van der Waals surface area contributed by atoms with Crippen LogP contribution in [0.1, 0.15) is 31.1 Å². The molecule has 1 saturated heterocycles. The van der Waals surface area contributed by atoms with Crippen molar-refractivity contribution in [2.75, 3.05) is 6.67 Å². The standard InChI is InChI=1S/C13H17BFNO3/c1-12(2)13(3,8-15)19-14(18-12)10-7-5-4-6-9(10)11(16)17/h4-7H,8H2,1-3H3,(H2,16,17). The van der Waals surface area contributed by atoms with E-state index in [2.05, 4.69) is 0 Å². The molecule has 1 atom stereocenters. The SMILES string of the molecule is CC1(C)OB(c2ccccc2C(N)=O)OC1(C)CF. The molecule has 6 heteroatoms. The Kier molecular flexibility index (Phi) is 3.41. The number of carbonyl (C=O) groups excluding carboxylic acids is 1. The fourth-order valence-electron chi connectivity index (χ4n) is 2.04. The lowest BCUT2D eigenvalue weighted by atomic mass is 9.76. The highest BCUT2D eigenvalue weighted by Crippen LogP contribution is 2.37. The van der Waals surface area contributed by atoms with Crippen LogP contribution in [-0.4, -0.2) is 30.9 Å². The molecule has 0 radical (unpaired) electrons. The van der Waals surface area contributed by atoms with E-state index < -0.39 is 30.9 Å². The molecule has 1 amide bonds. The van der Waals surface area contributed by atoms with E-state index in [-0.39, 0.29) is 0 Å². The number of alkyl halides is 1. The zero-order valence-corrected chi connectivity index (χ0v) is 11.3. The third-order valence-electron chi connectivity index (χ3n) is 3.78. The Morgan fingerprint density at radius 2 is 1.95 bits per heavy atom. The summed E-state index contributed by atoms with van der Waals surface area (Å²) in [6.45, 7) is 4.51. The molecule has 0 saturated carbocycles. The van der Waals surface area contributed by atoms with Gasteiger partial charge < -0.3 is 15.0 Å². The van der Waals surface area contributed by atoms with Crippen LogP contribution in [0.15, 0.2) is 24.3 Å². The van der Waals surface area contributed by atoms with Crippen molar-refractivity contribution in [1.29, 1.82) is 0 Å². The van der Waals surface area contributed by atoms with Gasteiger partial charge in [0.15, 0.2) is 0 Å². The highest BCUT2D eigenvalue weighted by Gasteiger charge is 2.55. The number of hydrogen-bond donors (Lipinski definition) is 1. The van der Waals surface area contributed by atoms with Crippen LogP contribution >= 0.6 is 0 Å². The molecular weight excluding hydrogens is 248 g/mol. The average Bonchev–Trinajstić information content (AvgIpc) is 2.61. The Morgan fingerprint density at radius 1 is 1.32 bits per heavy atom. The van der Waals surface area contributed by atoms with Gasteiger partial charge in [0.05, 0.1) is 5.60 Å². The van der Waals surface area contributed by atoms with Crippen molar-refractivity contribution in [3.05, 3.63) is 29.8 Å². The first-order chi connectivity index (χ1) is 8.81. The summed E-state index contributed by atoms with van der Waals surface area (Å²) in [6.07, 6.45) is 0. The van der Waals surface area contributed by atoms with Gasteiger partial charge in [-0.3, -0.25) is 4.79 Å². The molecule has 0 bridgehead atoms. The first-order valence-electron chi connectivity index (χ1n) is 6.11. The van der Waals surface area contributed by atoms with E-state index in [0.29, 0.717) is 11.0 Å². The molecule has 2 rings (SSSR count). The Labute approximate surface area is 112 Å². The van der Waals surface area contributed by atoms with Crippen LogP contribution in [-0.2, 0) is 9.31 Å². The molecule has 1 aliphatic rings. The van der Waals surface area contributed by atoms with Gasteiger partial charge in [-0.25, -0.2) is 4.39 Å². The number of halogens is 1. The molecule has 0 aromatic heterocycles.